The number of amides is 1. The Labute approximate surface area is 98.5 Å². The lowest BCUT2D eigenvalue weighted by Crippen LogP contribution is -2.24. The van der Waals surface area contributed by atoms with E-state index in [0.29, 0.717) is 18.5 Å². The van der Waals surface area contributed by atoms with Crippen LogP contribution < -0.4 is 5.32 Å². The maximum atomic E-state index is 11.2. The number of rotatable bonds is 4. The van der Waals surface area contributed by atoms with Crippen LogP contribution in [0.15, 0.2) is 35.5 Å². The minimum absolute atomic E-state index is 0.0605. The molecule has 0 bridgehead atoms. The van der Waals surface area contributed by atoms with Crippen molar-refractivity contribution in [2.45, 2.75) is 12.5 Å². The zero-order valence-corrected chi connectivity index (χ0v) is 9.05. The third kappa shape index (κ3) is 2.69. The smallest absolute Gasteiger partial charge is 0.263 e. The summed E-state index contributed by atoms with van der Waals surface area (Å²) >= 11 is 0. The van der Waals surface area contributed by atoms with Gasteiger partial charge in [-0.05, 0) is 0 Å². The van der Waals surface area contributed by atoms with E-state index in [1.54, 1.807) is 30.6 Å². The summed E-state index contributed by atoms with van der Waals surface area (Å²) < 4.78 is 0. The summed E-state index contributed by atoms with van der Waals surface area (Å²) in [6.45, 7) is 0.574. The molecule has 2 rings (SSSR count). The molecular formula is C12H11N2O3. The van der Waals surface area contributed by atoms with Gasteiger partial charge in [0.05, 0.1) is 0 Å². The Morgan fingerprint density at radius 2 is 2.18 bits per heavy atom. The first kappa shape index (κ1) is 11.3. The molecule has 1 aromatic carbocycles. The van der Waals surface area contributed by atoms with Gasteiger partial charge < -0.3 is 10.2 Å². The molecule has 0 saturated carbocycles. The van der Waals surface area contributed by atoms with E-state index in [1.165, 1.54) is 0 Å². The van der Waals surface area contributed by atoms with E-state index in [0.717, 1.165) is 0 Å². The van der Waals surface area contributed by atoms with Gasteiger partial charge in [-0.25, -0.2) is 0 Å². The highest BCUT2D eigenvalue weighted by atomic mass is 16.6. The second kappa shape index (κ2) is 5.25. The van der Waals surface area contributed by atoms with Crippen molar-refractivity contribution in [3.8, 4) is 0 Å². The molecule has 17 heavy (non-hydrogen) atoms. The molecule has 5 nitrogen and oxygen atoms in total. The number of carbonyl (C=O) groups is 1. The van der Waals surface area contributed by atoms with Crippen molar-refractivity contribution in [3.63, 3.8) is 0 Å². The molecule has 1 radical (unpaired) electrons. The molecule has 5 heteroatoms. The molecule has 0 aromatic heterocycles. The summed E-state index contributed by atoms with van der Waals surface area (Å²) in [5.74, 6) is -0.202. The second-order valence-corrected chi connectivity index (χ2v) is 3.58. The first-order chi connectivity index (χ1) is 8.31. The van der Waals surface area contributed by atoms with Crippen LogP contribution in [0.4, 0.5) is 0 Å². The van der Waals surface area contributed by atoms with Crippen LogP contribution in [-0.4, -0.2) is 30.6 Å². The fourth-order valence-corrected chi connectivity index (χ4v) is 1.51. The Kier molecular flexibility index (Phi) is 3.49. The first-order valence-corrected chi connectivity index (χ1v) is 5.26. The molecule has 0 aliphatic carbocycles. The maximum absolute atomic E-state index is 11.2. The van der Waals surface area contributed by atoms with Crippen molar-refractivity contribution >= 4 is 17.9 Å². The third-order valence-corrected chi connectivity index (χ3v) is 2.41. The van der Waals surface area contributed by atoms with E-state index in [4.69, 9.17) is 4.84 Å². The van der Waals surface area contributed by atoms with E-state index >= 15 is 0 Å². The third-order valence-electron chi connectivity index (χ3n) is 2.41. The van der Waals surface area contributed by atoms with Crippen molar-refractivity contribution in [3.05, 3.63) is 35.9 Å². The first-order valence-electron chi connectivity index (χ1n) is 5.26. The SMILES string of the molecule is O=[C]C(=NOC1CCNC1=O)c1ccccc1. The van der Waals surface area contributed by atoms with Crippen LogP contribution in [-0.2, 0) is 14.4 Å². The Balaban J connectivity index is 2.08. The fourth-order valence-electron chi connectivity index (χ4n) is 1.51. The van der Waals surface area contributed by atoms with Crippen molar-refractivity contribution in [1.82, 2.24) is 5.32 Å². The van der Waals surface area contributed by atoms with Gasteiger partial charge in [0.15, 0.2) is 5.71 Å². The van der Waals surface area contributed by atoms with E-state index in [-0.39, 0.29) is 11.6 Å². The zero-order chi connectivity index (χ0) is 12.1. The summed E-state index contributed by atoms with van der Waals surface area (Å²) in [5.41, 5.74) is 0.672. The van der Waals surface area contributed by atoms with Crippen LogP contribution in [0.2, 0.25) is 0 Å². The van der Waals surface area contributed by atoms with Crippen molar-refractivity contribution in [2.75, 3.05) is 6.54 Å². The van der Waals surface area contributed by atoms with E-state index in [1.807, 2.05) is 6.07 Å². The Bertz CT molecular complexity index is 442. The van der Waals surface area contributed by atoms with Gasteiger partial charge in [-0.1, -0.05) is 35.5 Å². The molecule has 1 atom stereocenters. The highest BCUT2D eigenvalue weighted by Gasteiger charge is 2.26. The van der Waals surface area contributed by atoms with Crippen molar-refractivity contribution in [2.24, 2.45) is 5.16 Å². The van der Waals surface area contributed by atoms with Gasteiger partial charge >= 0.3 is 0 Å². The number of benzene rings is 1. The monoisotopic (exact) mass is 231 g/mol. The van der Waals surface area contributed by atoms with E-state index in [2.05, 4.69) is 10.5 Å². The Hall–Kier alpha value is -2.17. The largest absolute Gasteiger partial charge is 0.382 e. The van der Waals surface area contributed by atoms with Gasteiger partial charge in [-0.3, -0.25) is 9.59 Å². The molecule has 1 aliphatic heterocycles. The Morgan fingerprint density at radius 1 is 1.41 bits per heavy atom. The lowest BCUT2D eigenvalue weighted by Gasteiger charge is -2.05. The van der Waals surface area contributed by atoms with Crippen LogP contribution >= 0.6 is 0 Å². The van der Waals surface area contributed by atoms with Crippen LogP contribution in [0.5, 0.6) is 0 Å². The number of nitrogens with zero attached hydrogens (tertiary/aromatic N) is 1. The van der Waals surface area contributed by atoms with E-state index < -0.39 is 6.10 Å². The summed E-state index contributed by atoms with van der Waals surface area (Å²) in [7, 11) is 0. The lowest BCUT2D eigenvalue weighted by atomic mass is 10.1. The molecule has 1 saturated heterocycles. The average molecular weight is 231 g/mol. The highest BCUT2D eigenvalue weighted by molar-refractivity contribution is 6.36. The second-order valence-electron chi connectivity index (χ2n) is 3.58. The number of hydrogen-bond donors (Lipinski definition) is 1. The highest BCUT2D eigenvalue weighted by Crippen LogP contribution is 2.07. The minimum Gasteiger partial charge on any atom is -0.382 e. The predicted molar refractivity (Wildman–Crippen MR) is 61.2 cm³/mol. The standard InChI is InChI=1S/C12H11N2O3/c15-8-10(9-4-2-1-3-5-9)14-17-11-6-7-13-12(11)16/h1-5,11H,6-7H2,(H,13,16). The summed E-state index contributed by atoms with van der Waals surface area (Å²) in [6, 6.07) is 8.84. The molecular weight excluding hydrogens is 220 g/mol. The number of oxime groups is 1. The summed E-state index contributed by atoms with van der Waals surface area (Å²) in [6.07, 6.45) is 1.65. The molecule has 1 aromatic rings. The molecule has 1 heterocycles. The number of hydrogen-bond acceptors (Lipinski definition) is 4. The van der Waals surface area contributed by atoms with Gasteiger partial charge in [0, 0.05) is 18.5 Å². The normalized spacial score (nSPS) is 19.9. The summed E-state index contributed by atoms with van der Waals surface area (Å²) in [4.78, 5) is 27.0. The molecule has 0 spiro atoms. The van der Waals surface area contributed by atoms with Gasteiger partial charge in [0.2, 0.25) is 6.10 Å². The molecule has 1 aliphatic rings. The quantitative estimate of drug-likeness (QED) is 0.602. The topological polar surface area (TPSA) is 67.8 Å². The summed E-state index contributed by atoms with van der Waals surface area (Å²) in [5, 5.41) is 6.30. The molecule has 1 unspecified atom stereocenters. The molecule has 1 N–H and O–H groups in total. The predicted octanol–water partition coefficient (Wildman–Crippen LogP) is 0.405. The van der Waals surface area contributed by atoms with Crippen LogP contribution in [0.3, 0.4) is 0 Å². The minimum atomic E-state index is -0.609. The van der Waals surface area contributed by atoms with Crippen LogP contribution in [0, 0.1) is 0 Å². The van der Waals surface area contributed by atoms with E-state index in [9.17, 15) is 9.59 Å². The van der Waals surface area contributed by atoms with Gasteiger partial charge in [-0.15, -0.1) is 0 Å². The molecule has 1 fully saturated rings. The van der Waals surface area contributed by atoms with Gasteiger partial charge in [-0.2, -0.15) is 0 Å². The van der Waals surface area contributed by atoms with Crippen molar-refractivity contribution in [1.29, 1.82) is 0 Å². The van der Waals surface area contributed by atoms with Crippen LogP contribution in [0.1, 0.15) is 12.0 Å². The van der Waals surface area contributed by atoms with Crippen molar-refractivity contribution < 1.29 is 14.4 Å². The zero-order valence-electron chi connectivity index (χ0n) is 9.05. The number of nitrogens with one attached hydrogen (secondary N) is 1. The Morgan fingerprint density at radius 3 is 2.76 bits per heavy atom. The van der Waals surface area contributed by atoms with Crippen LogP contribution in [0.25, 0.3) is 0 Å². The van der Waals surface area contributed by atoms with Gasteiger partial charge in [0.25, 0.3) is 12.2 Å². The lowest BCUT2D eigenvalue weighted by molar-refractivity contribution is -0.129. The maximum Gasteiger partial charge on any atom is 0.263 e. The average Bonchev–Trinajstić information content (AvgIpc) is 2.77. The van der Waals surface area contributed by atoms with Gasteiger partial charge in [0.1, 0.15) is 0 Å². The fraction of sp³-hybridized carbons (Fsp3) is 0.250. The number of carbonyl (C=O) groups excluding carboxylic acids is 2. The molecule has 87 valence electrons. The molecule has 1 amide bonds.